The second-order valence-corrected chi connectivity index (χ2v) is 6.10. The molecule has 0 unspecified atom stereocenters. The molecule has 0 fully saturated rings. The van der Waals surface area contributed by atoms with Gasteiger partial charge in [-0.2, -0.15) is 13.2 Å². The van der Waals surface area contributed by atoms with Gasteiger partial charge in [-0.1, -0.05) is 13.8 Å². The number of aromatic nitrogens is 2. The Morgan fingerprint density at radius 3 is 2.62 bits per heavy atom. The molecule has 0 saturated heterocycles. The van der Waals surface area contributed by atoms with Crippen LogP contribution in [-0.2, 0) is 12.7 Å². The zero-order valence-corrected chi connectivity index (χ0v) is 12.8. The Morgan fingerprint density at radius 2 is 2.05 bits per heavy atom. The third-order valence-electron chi connectivity index (χ3n) is 2.91. The van der Waals surface area contributed by atoms with Crippen LogP contribution in [0.15, 0.2) is 18.5 Å². The van der Waals surface area contributed by atoms with E-state index in [1.165, 1.54) is 0 Å². The van der Waals surface area contributed by atoms with Crippen molar-refractivity contribution >= 4 is 11.3 Å². The predicted octanol–water partition coefficient (Wildman–Crippen LogP) is 4.03. The van der Waals surface area contributed by atoms with E-state index in [2.05, 4.69) is 15.3 Å². The van der Waals surface area contributed by atoms with Crippen molar-refractivity contribution in [2.75, 3.05) is 0 Å². The first-order valence-corrected chi connectivity index (χ1v) is 7.32. The molecule has 0 aliphatic carbocycles. The SMILES string of the molecule is Cc1ccncc1-c1nc(C(F)(F)F)c(CNC(C)C)s1. The average Bonchev–Trinajstić information content (AvgIpc) is 2.81. The van der Waals surface area contributed by atoms with Gasteiger partial charge in [0, 0.05) is 30.5 Å². The largest absolute Gasteiger partial charge is 0.434 e. The monoisotopic (exact) mass is 315 g/mol. The molecule has 0 aliphatic rings. The maximum Gasteiger partial charge on any atom is 0.434 e. The number of hydrogen-bond acceptors (Lipinski definition) is 4. The Kier molecular flexibility index (Phi) is 4.63. The van der Waals surface area contributed by atoms with E-state index >= 15 is 0 Å². The number of aryl methyl sites for hydroxylation is 1. The summed E-state index contributed by atoms with van der Waals surface area (Å²) in [5, 5.41) is 3.36. The van der Waals surface area contributed by atoms with E-state index in [0.717, 1.165) is 16.9 Å². The summed E-state index contributed by atoms with van der Waals surface area (Å²) in [7, 11) is 0. The molecule has 21 heavy (non-hydrogen) atoms. The van der Waals surface area contributed by atoms with Crippen molar-refractivity contribution in [1.29, 1.82) is 0 Å². The van der Waals surface area contributed by atoms with E-state index in [0.29, 0.717) is 10.6 Å². The first-order valence-electron chi connectivity index (χ1n) is 6.50. The lowest BCUT2D eigenvalue weighted by molar-refractivity contribution is -0.141. The van der Waals surface area contributed by atoms with Crippen LogP contribution >= 0.6 is 11.3 Å². The Morgan fingerprint density at radius 1 is 1.33 bits per heavy atom. The molecule has 0 bridgehead atoms. The quantitative estimate of drug-likeness (QED) is 0.925. The summed E-state index contributed by atoms with van der Waals surface area (Å²) in [6.07, 6.45) is -1.29. The van der Waals surface area contributed by atoms with Crippen LogP contribution in [0.25, 0.3) is 10.6 Å². The minimum Gasteiger partial charge on any atom is -0.310 e. The molecule has 7 heteroatoms. The summed E-state index contributed by atoms with van der Waals surface area (Å²) in [4.78, 5) is 7.97. The highest BCUT2D eigenvalue weighted by atomic mass is 32.1. The lowest BCUT2D eigenvalue weighted by Crippen LogP contribution is -2.23. The second-order valence-electron chi connectivity index (χ2n) is 5.01. The lowest BCUT2D eigenvalue weighted by atomic mass is 10.2. The summed E-state index contributed by atoms with van der Waals surface area (Å²) in [6.45, 7) is 5.77. The van der Waals surface area contributed by atoms with Gasteiger partial charge in [0.15, 0.2) is 5.69 Å². The van der Waals surface area contributed by atoms with Crippen molar-refractivity contribution in [3.8, 4) is 10.6 Å². The third-order valence-corrected chi connectivity index (χ3v) is 3.99. The van der Waals surface area contributed by atoms with Gasteiger partial charge < -0.3 is 5.32 Å². The normalized spacial score (nSPS) is 12.1. The molecule has 0 aromatic carbocycles. The molecule has 0 spiro atoms. The van der Waals surface area contributed by atoms with Gasteiger partial charge in [0.25, 0.3) is 0 Å². The fraction of sp³-hybridized carbons (Fsp3) is 0.429. The molecule has 0 saturated carbocycles. The summed E-state index contributed by atoms with van der Waals surface area (Å²) < 4.78 is 39.3. The Hall–Kier alpha value is -1.47. The topological polar surface area (TPSA) is 37.8 Å². The highest BCUT2D eigenvalue weighted by molar-refractivity contribution is 7.15. The number of alkyl halides is 3. The number of halogens is 3. The van der Waals surface area contributed by atoms with Gasteiger partial charge in [-0.05, 0) is 18.6 Å². The predicted molar refractivity (Wildman–Crippen MR) is 77.1 cm³/mol. The van der Waals surface area contributed by atoms with Gasteiger partial charge in [-0.15, -0.1) is 11.3 Å². The Balaban J connectivity index is 2.43. The van der Waals surface area contributed by atoms with Crippen LogP contribution in [0.2, 0.25) is 0 Å². The summed E-state index contributed by atoms with van der Waals surface area (Å²) >= 11 is 1.06. The molecular weight excluding hydrogens is 299 g/mol. The van der Waals surface area contributed by atoms with E-state index in [1.807, 2.05) is 20.8 Å². The van der Waals surface area contributed by atoms with Crippen molar-refractivity contribution in [2.45, 2.75) is 39.5 Å². The molecule has 0 amide bonds. The van der Waals surface area contributed by atoms with Crippen molar-refractivity contribution in [3.63, 3.8) is 0 Å². The van der Waals surface area contributed by atoms with E-state index in [-0.39, 0.29) is 17.5 Å². The summed E-state index contributed by atoms with van der Waals surface area (Å²) in [6, 6.07) is 1.87. The van der Waals surface area contributed by atoms with E-state index in [4.69, 9.17) is 0 Å². The molecule has 2 heterocycles. The zero-order chi connectivity index (χ0) is 15.6. The second kappa shape index (κ2) is 6.11. The smallest absolute Gasteiger partial charge is 0.310 e. The fourth-order valence-electron chi connectivity index (χ4n) is 1.79. The zero-order valence-electron chi connectivity index (χ0n) is 12.0. The van der Waals surface area contributed by atoms with E-state index in [9.17, 15) is 13.2 Å². The molecule has 2 aromatic rings. The van der Waals surface area contributed by atoms with Crippen LogP contribution in [0, 0.1) is 6.92 Å². The Bertz CT molecular complexity index is 620. The van der Waals surface area contributed by atoms with Crippen LogP contribution in [0.4, 0.5) is 13.2 Å². The number of nitrogens with one attached hydrogen (secondary N) is 1. The maximum absolute atomic E-state index is 13.1. The van der Waals surface area contributed by atoms with Crippen molar-refractivity contribution in [1.82, 2.24) is 15.3 Å². The minimum atomic E-state index is -4.45. The number of hydrogen-bond donors (Lipinski definition) is 1. The molecule has 0 radical (unpaired) electrons. The molecule has 1 N–H and O–H groups in total. The number of nitrogens with zero attached hydrogens (tertiary/aromatic N) is 2. The maximum atomic E-state index is 13.1. The van der Waals surface area contributed by atoms with Gasteiger partial charge in [0.1, 0.15) is 5.01 Å². The number of pyridine rings is 1. The van der Waals surface area contributed by atoms with Crippen LogP contribution in [-0.4, -0.2) is 16.0 Å². The Labute approximate surface area is 125 Å². The highest BCUT2D eigenvalue weighted by Crippen LogP contribution is 2.38. The molecular formula is C14H16F3N3S. The van der Waals surface area contributed by atoms with Gasteiger partial charge in [-0.3, -0.25) is 4.98 Å². The molecule has 2 rings (SSSR count). The van der Waals surface area contributed by atoms with Crippen LogP contribution < -0.4 is 5.32 Å². The van der Waals surface area contributed by atoms with Crippen LogP contribution in [0.3, 0.4) is 0 Å². The van der Waals surface area contributed by atoms with Gasteiger partial charge in [0.2, 0.25) is 0 Å². The summed E-state index contributed by atoms with van der Waals surface area (Å²) in [5.74, 6) is 0. The lowest BCUT2D eigenvalue weighted by Gasteiger charge is -2.09. The standard InChI is InChI=1S/C14H16F3N3S/c1-8(2)19-7-11-12(14(15,16)17)20-13(21-11)10-6-18-5-4-9(10)3/h4-6,8,19H,7H2,1-3H3. The van der Waals surface area contributed by atoms with Crippen LogP contribution in [0.1, 0.15) is 30.0 Å². The fourth-order valence-corrected chi connectivity index (χ4v) is 2.90. The highest BCUT2D eigenvalue weighted by Gasteiger charge is 2.37. The third kappa shape index (κ3) is 3.79. The molecule has 3 nitrogen and oxygen atoms in total. The number of thiazole rings is 1. The molecule has 2 aromatic heterocycles. The minimum absolute atomic E-state index is 0.108. The number of rotatable bonds is 4. The van der Waals surface area contributed by atoms with Crippen LogP contribution in [0.5, 0.6) is 0 Å². The molecule has 0 aliphatic heterocycles. The first-order chi connectivity index (χ1) is 9.79. The van der Waals surface area contributed by atoms with Gasteiger partial charge >= 0.3 is 6.18 Å². The first kappa shape index (κ1) is 15.9. The molecule has 114 valence electrons. The van der Waals surface area contributed by atoms with Crippen molar-refractivity contribution in [2.24, 2.45) is 0 Å². The van der Waals surface area contributed by atoms with Gasteiger partial charge in [-0.25, -0.2) is 4.98 Å². The van der Waals surface area contributed by atoms with Crippen molar-refractivity contribution in [3.05, 3.63) is 34.6 Å². The van der Waals surface area contributed by atoms with Gasteiger partial charge in [0.05, 0.1) is 4.88 Å². The average molecular weight is 315 g/mol. The summed E-state index contributed by atoms with van der Waals surface area (Å²) in [5.41, 5.74) is 0.693. The van der Waals surface area contributed by atoms with E-state index < -0.39 is 11.9 Å². The molecule has 0 atom stereocenters. The van der Waals surface area contributed by atoms with E-state index in [1.54, 1.807) is 18.5 Å². The van der Waals surface area contributed by atoms with Crippen molar-refractivity contribution < 1.29 is 13.2 Å².